The molecule has 2 aliphatic rings. The molecule has 1 aromatic heterocycles. The van der Waals surface area contributed by atoms with E-state index >= 15 is 0 Å². The van der Waals surface area contributed by atoms with Crippen LogP contribution in [0.3, 0.4) is 0 Å². The van der Waals surface area contributed by atoms with Gasteiger partial charge < -0.3 is 9.84 Å². The Balaban J connectivity index is 2.29. The molecule has 1 N–H and O–H groups in total. The summed E-state index contributed by atoms with van der Waals surface area (Å²) in [5.74, 6) is 0.944. The van der Waals surface area contributed by atoms with Crippen LogP contribution in [0.4, 0.5) is 0 Å². The summed E-state index contributed by atoms with van der Waals surface area (Å²) in [6.45, 7) is 4.75. The Kier molecular flexibility index (Phi) is 2.30. The van der Waals surface area contributed by atoms with Crippen molar-refractivity contribution in [2.24, 2.45) is 0 Å². The van der Waals surface area contributed by atoms with E-state index in [0.29, 0.717) is 13.0 Å². The third kappa shape index (κ3) is 1.24. The molecule has 1 aliphatic heterocycles. The number of carbonyl (C=O) groups excluding carboxylic acids is 1. The van der Waals surface area contributed by atoms with Crippen molar-refractivity contribution in [2.45, 2.75) is 30.8 Å². The first-order chi connectivity index (χ1) is 8.52. The van der Waals surface area contributed by atoms with E-state index in [1.165, 1.54) is 0 Å². The van der Waals surface area contributed by atoms with Crippen LogP contribution < -0.4 is 5.32 Å². The molecule has 1 atom stereocenters. The van der Waals surface area contributed by atoms with Gasteiger partial charge in [0.1, 0.15) is 10.9 Å². The molecule has 0 aromatic carbocycles. The van der Waals surface area contributed by atoms with Crippen LogP contribution in [0.1, 0.15) is 25.2 Å². The van der Waals surface area contributed by atoms with Crippen molar-refractivity contribution < 1.29 is 9.32 Å². The quantitative estimate of drug-likeness (QED) is 0.619. The highest BCUT2D eigenvalue weighted by atomic mass is 31.1. The second-order valence-corrected chi connectivity index (χ2v) is 6.41. The predicted molar refractivity (Wildman–Crippen MR) is 71.1 cm³/mol. The lowest BCUT2D eigenvalue weighted by molar-refractivity contribution is -0.123. The number of nitrogens with zero attached hydrogens (tertiary/aromatic N) is 1. The lowest BCUT2D eigenvalue weighted by Crippen LogP contribution is -2.55. The molecule has 0 spiro atoms. The topological polar surface area (TPSA) is 55.1 Å². The summed E-state index contributed by atoms with van der Waals surface area (Å²) >= 11 is 0. The number of amides is 1. The van der Waals surface area contributed by atoms with Crippen molar-refractivity contribution in [2.75, 3.05) is 6.54 Å². The van der Waals surface area contributed by atoms with Crippen molar-refractivity contribution in [3.8, 4) is 0 Å². The van der Waals surface area contributed by atoms with Crippen LogP contribution in [0, 0.1) is 0 Å². The average molecular weight is 262 g/mol. The van der Waals surface area contributed by atoms with Crippen molar-refractivity contribution in [1.82, 2.24) is 10.5 Å². The van der Waals surface area contributed by atoms with Gasteiger partial charge in [-0.2, -0.15) is 0 Å². The molecular weight excluding hydrogens is 247 g/mol. The van der Waals surface area contributed by atoms with Gasteiger partial charge in [-0.25, -0.2) is 0 Å². The van der Waals surface area contributed by atoms with E-state index in [2.05, 4.69) is 36.7 Å². The van der Waals surface area contributed by atoms with Crippen molar-refractivity contribution in [1.29, 1.82) is 0 Å². The van der Waals surface area contributed by atoms with Gasteiger partial charge in [0.05, 0.1) is 6.20 Å². The van der Waals surface area contributed by atoms with Gasteiger partial charge >= 0.3 is 0 Å². The third-order valence-corrected chi connectivity index (χ3v) is 5.13. The molecule has 94 valence electrons. The first kappa shape index (κ1) is 11.7. The van der Waals surface area contributed by atoms with Crippen LogP contribution in [0.2, 0.25) is 0 Å². The van der Waals surface area contributed by atoms with Gasteiger partial charge in [0.2, 0.25) is 5.91 Å². The Morgan fingerprint density at radius 1 is 1.56 bits per heavy atom. The van der Waals surface area contributed by atoms with E-state index in [1.807, 2.05) is 0 Å². The summed E-state index contributed by atoms with van der Waals surface area (Å²) < 4.78 is 5.40. The lowest BCUT2D eigenvalue weighted by Gasteiger charge is -2.44. The molecule has 2 heterocycles. The van der Waals surface area contributed by atoms with Gasteiger partial charge in [-0.3, -0.25) is 4.79 Å². The molecule has 18 heavy (non-hydrogen) atoms. The van der Waals surface area contributed by atoms with Crippen LogP contribution in [0.25, 0.3) is 0 Å². The second kappa shape index (κ2) is 3.55. The summed E-state index contributed by atoms with van der Waals surface area (Å²) in [5, 5.41) is 6.26. The summed E-state index contributed by atoms with van der Waals surface area (Å²) in [4.78, 5) is 12.4. The van der Waals surface area contributed by atoms with Gasteiger partial charge in [0.15, 0.2) is 0 Å². The maximum absolute atomic E-state index is 12.4. The first-order valence-corrected chi connectivity index (χ1v) is 7.01. The highest BCUT2D eigenvalue weighted by molar-refractivity contribution is 7.40. The molecule has 0 saturated carbocycles. The van der Waals surface area contributed by atoms with Gasteiger partial charge in [0, 0.05) is 23.9 Å². The molecule has 1 aliphatic carbocycles. The maximum Gasteiger partial charge on any atom is 0.239 e. The predicted octanol–water partition coefficient (Wildman–Crippen LogP) is 1.68. The normalized spacial score (nSPS) is 29.2. The van der Waals surface area contributed by atoms with Crippen molar-refractivity contribution in [3.63, 3.8) is 0 Å². The monoisotopic (exact) mass is 262 g/mol. The lowest BCUT2D eigenvalue weighted by atomic mass is 9.66. The summed E-state index contributed by atoms with van der Waals surface area (Å²) in [7, 11) is 0.821. The molecule has 4 nitrogen and oxygen atoms in total. The van der Waals surface area contributed by atoms with E-state index in [4.69, 9.17) is 4.52 Å². The fourth-order valence-corrected chi connectivity index (χ4v) is 4.19. The zero-order valence-corrected chi connectivity index (χ0v) is 11.4. The number of rotatable bonds is 1. The van der Waals surface area contributed by atoms with E-state index in [0.717, 1.165) is 25.1 Å². The van der Waals surface area contributed by atoms with E-state index in [-0.39, 0.29) is 11.3 Å². The highest BCUT2D eigenvalue weighted by Crippen LogP contribution is 2.52. The average Bonchev–Trinajstić information content (AvgIpc) is 2.80. The third-order valence-electron chi connectivity index (χ3n) is 3.99. The van der Waals surface area contributed by atoms with Crippen LogP contribution in [0.5, 0.6) is 0 Å². The van der Waals surface area contributed by atoms with Crippen molar-refractivity contribution in [3.05, 3.63) is 29.2 Å². The molecule has 5 heteroatoms. The zero-order valence-electron chi connectivity index (χ0n) is 10.5. The van der Waals surface area contributed by atoms with E-state index < -0.39 is 5.16 Å². The molecule has 3 rings (SSSR count). The Morgan fingerprint density at radius 2 is 2.33 bits per heavy atom. The number of aromatic nitrogens is 1. The number of hydrogen-bond acceptors (Lipinski definition) is 3. The molecule has 0 bridgehead atoms. The molecular formula is C13H15N2O2P. The minimum absolute atomic E-state index is 0.0663. The van der Waals surface area contributed by atoms with Gasteiger partial charge in [0.25, 0.3) is 0 Å². The van der Waals surface area contributed by atoms with Crippen LogP contribution in [-0.2, 0) is 16.6 Å². The van der Waals surface area contributed by atoms with Gasteiger partial charge in [-0.15, -0.1) is 0 Å². The molecule has 0 fully saturated rings. The number of fused-ring (bicyclic) bond motifs is 2. The Bertz CT molecular complexity index is 573. The van der Waals surface area contributed by atoms with Crippen LogP contribution in [0.15, 0.2) is 22.4 Å². The zero-order chi connectivity index (χ0) is 13.0. The molecule has 0 saturated heterocycles. The molecule has 1 aromatic rings. The molecule has 0 radical (unpaired) electrons. The number of carbonyl (C=O) groups is 1. The number of hydrogen-bond donors (Lipinski definition) is 1. The van der Waals surface area contributed by atoms with Crippen LogP contribution in [-0.4, -0.2) is 29.1 Å². The first-order valence-electron chi connectivity index (χ1n) is 5.94. The standard InChI is InChI=1S/C13H15N2O2P/c1-12(2)9-4-5-14-11(16)13(9,18-3)6-8-7-15-17-10(8)12/h4,7H,3,5-6H2,1-2H3,(H,14,16). The summed E-state index contributed by atoms with van der Waals surface area (Å²) in [6, 6.07) is 0. The fraction of sp³-hybridized carbons (Fsp3) is 0.462. The van der Waals surface area contributed by atoms with E-state index in [1.54, 1.807) is 6.20 Å². The minimum atomic E-state index is -0.555. The smallest absolute Gasteiger partial charge is 0.239 e. The Morgan fingerprint density at radius 3 is 3.06 bits per heavy atom. The van der Waals surface area contributed by atoms with Gasteiger partial charge in [-0.1, -0.05) is 25.7 Å². The van der Waals surface area contributed by atoms with Crippen molar-refractivity contribution >= 4 is 20.4 Å². The maximum atomic E-state index is 12.4. The van der Waals surface area contributed by atoms with Gasteiger partial charge in [-0.05, 0) is 19.4 Å². The SMILES string of the molecule is C=PC12Cc3cnoc3C(C)(C)C1=CCNC2=O. The van der Waals surface area contributed by atoms with E-state index in [9.17, 15) is 4.79 Å². The number of nitrogens with one attached hydrogen (secondary N) is 1. The minimum Gasteiger partial charge on any atom is -0.360 e. The second-order valence-electron chi connectivity index (χ2n) is 5.33. The Labute approximate surface area is 107 Å². The van der Waals surface area contributed by atoms with Crippen LogP contribution >= 0.6 is 8.20 Å². The summed E-state index contributed by atoms with van der Waals surface area (Å²) in [5.41, 5.74) is 1.83. The fourth-order valence-electron chi connectivity index (χ4n) is 3.14. The summed E-state index contributed by atoms with van der Waals surface area (Å²) in [6.07, 6.45) is 8.43. The highest BCUT2D eigenvalue weighted by Gasteiger charge is 2.53. The molecule has 1 amide bonds. The largest absolute Gasteiger partial charge is 0.360 e. The Hall–Kier alpha value is -1.41. The molecule has 1 unspecified atom stereocenters.